The molecule has 8 heteroatoms. The van der Waals surface area contributed by atoms with E-state index in [9.17, 15) is 14.4 Å². The molecule has 2 aliphatic heterocycles. The summed E-state index contributed by atoms with van der Waals surface area (Å²) < 4.78 is 10.7. The molecular weight excluding hydrogens is 352 g/mol. The number of carbonyl (C=O) groups is 3. The van der Waals surface area contributed by atoms with Gasteiger partial charge in [0.15, 0.2) is 18.1 Å². The lowest BCUT2D eigenvalue weighted by Crippen LogP contribution is -2.44. The number of benzene rings is 1. The standard InChI is InChI=1S/C19H24N2O6/c1-2-26-15-9-13(3-4-14(15)27-11-17(23)24)18(25)21-7-5-19(6-8-21)10-16(22)20-12-19/h3-4,9H,2,5-8,10-12H2,1H3,(H,20,22)(H,23,24). The van der Waals surface area contributed by atoms with Gasteiger partial charge in [-0.25, -0.2) is 4.79 Å². The molecule has 2 fully saturated rings. The van der Waals surface area contributed by atoms with Gasteiger partial charge in [0, 0.05) is 31.6 Å². The molecule has 0 radical (unpaired) electrons. The number of carbonyl (C=O) groups excluding carboxylic acids is 2. The topological polar surface area (TPSA) is 105 Å². The Balaban J connectivity index is 1.68. The van der Waals surface area contributed by atoms with E-state index in [0.717, 1.165) is 12.8 Å². The van der Waals surface area contributed by atoms with E-state index in [1.165, 1.54) is 0 Å². The van der Waals surface area contributed by atoms with Gasteiger partial charge in [-0.2, -0.15) is 0 Å². The van der Waals surface area contributed by atoms with Crippen molar-refractivity contribution in [2.45, 2.75) is 26.2 Å². The summed E-state index contributed by atoms with van der Waals surface area (Å²) in [6.07, 6.45) is 2.14. The summed E-state index contributed by atoms with van der Waals surface area (Å²) in [5, 5.41) is 11.6. The van der Waals surface area contributed by atoms with Crippen molar-refractivity contribution in [3.63, 3.8) is 0 Å². The van der Waals surface area contributed by atoms with Gasteiger partial charge in [-0.05, 0) is 43.4 Å². The molecule has 0 aliphatic carbocycles. The Morgan fingerprint density at radius 2 is 1.96 bits per heavy atom. The van der Waals surface area contributed by atoms with Gasteiger partial charge in [-0.1, -0.05) is 0 Å². The second-order valence-corrected chi connectivity index (χ2v) is 7.02. The zero-order valence-corrected chi connectivity index (χ0v) is 15.3. The highest BCUT2D eigenvalue weighted by atomic mass is 16.5. The minimum Gasteiger partial charge on any atom is -0.490 e. The second kappa shape index (κ2) is 7.85. The fraction of sp³-hybridized carbons (Fsp3) is 0.526. The maximum atomic E-state index is 12.9. The van der Waals surface area contributed by atoms with Crippen LogP contribution in [0.4, 0.5) is 0 Å². The van der Waals surface area contributed by atoms with Crippen molar-refractivity contribution in [1.29, 1.82) is 0 Å². The minimum absolute atomic E-state index is 0.0150. The Hall–Kier alpha value is -2.77. The predicted molar refractivity (Wildman–Crippen MR) is 95.9 cm³/mol. The van der Waals surface area contributed by atoms with Crippen molar-refractivity contribution < 1.29 is 29.0 Å². The van der Waals surface area contributed by atoms with Crippen LogP contribution in [0.5, 0.6) is 11.5 Å². The van der Waals surface area contributed by atoms with Gasteiger partial charge in [0.05, 0.1) is 6.61 Å². The third-order valence-corrected chi connectivity index (χ3v) is 5.15. The van der Waals surface area contributed by atoms with E-state index in [-0.39, 0.29) is 17.2 Å². The van der Waals surface area contributed by atoms with E-state index < -0.39 is 12.6 Å². The normalized spacial score (nSPS) is 18.3. The van der Waals surface area contributed by atoms with E-state index in [2.05, 4.69) is 5.32 Å². The first-order chi connectivity index (χ1) is 12.9. The molecule has 2 N–H and O–H groups in total. The van der Waals surface area contributed by atoms with Gasteiger partial charge < -0.3 is 24.8 Å². The molecule has 3 rings (SSSR count). The molecule has 8 nitrogen and oxygen atoms in total. The van der Waals surface area contributed by atoms with Gasteiger partial charge in [-0.3, -0.25) is 9.59 Å². The SMILES string of the molecule is CCOc1cc(C(=O)N2CCC3(CC2)CNC(=O)C3)ccc1OCC(=O)O. The van der Waals surface area contributed by atoms with Crippen molar-refractivity contribution in [2.24, 2.45) is 5.41 Å². The van der Waals surface area contributed by atoms with Crippen LogP contribution in [0.3, 0.4) is 0 Å². The van der Waals surface area contributed by atoms with Crippen LogP contribution in [0.1, 0.15) is 36.5 Å². The molecule has 1 spiro atoms. The van der Waals surface area contributed by atoms with Crippen molar-refractivity contribution >= 4 is 17.8 Å². The predicted octanol–water partition coefficient (Wildman–Crippen LogP) is 1.29. The number of rotatable bonds is 6. The zero-order valence-electron chi connectivity index (χ0n) is 15.3. The molecule has 0 aromatic heterocycles. The number of aliphatic carboxylic acids is 1. The van der Waals surface area contributed by atoms with Crippen LogP contribution in [-0.4, -0.2) is 60.6 Å². The summed E-state index contributed by atoms with van der Waals surface area (Å²) in [7, 11) is 0. The van der Waals surface area contributed by atoms with Gasteiger partial charge >= 0.3 is 5.97 Å². The molecule has 146 valence electrons. The van der Waals surface area contributed by atoms with Crippen molar-refractivity contribution in [1.82, 2.24) is 10.2 Å². The van der Waals surface area contributed by atoms with Gasteiger partial charge in [0.25, 0.3) is 5.91 Å². The molecular formula is C19H24N2O6. The first-order valence-corrected chi connectivity index (χ1v) is 9.10. The number of hydrogen-bond donors (Lipinski definition) is 2. The Labute approximate surface area is 157 Å². The monoisotopic (exact) mass is 376 g/mol. The zero-order chi connectivity index (χ0) is 19.4. The van der Waals surface area contributed by atoms with Crippen molar-refractivity contribution in [3.8, 4) is 11.5 Å². The highest BCUT2D eigenvalue weighted by Crippen LogP contribution is 2.38. The lowest BCUT2D eigenvalue weighted by molar-refractivity contribution is -0.139. The molecule has 27 heavy (non-hydrogen) atoms. The fourth-order valence-electron chi connectivity index (χ4n) is 3.64. The van der Waals surface area contributed by atoms with Gasteiger partial charge in [0.2, 0.25) is 5.91 Å². The van der Waals surface area contributed by atoms with Crippen LogP contribution in [0.25, 0.3) is 0 Å². The number of amides is 2. The Bertz CT molecular complexity index is 740. The number of nitrogens with zero attached hydrogens (tertiary/aromatic N) is 1. The summed E-state index contributed by atoms with van der Waals surface area (Å²) in [6, 6.07) is 4.77. The summed E-state index contributed by atoms with van der Waals surface area (Å²) in [5.74, 6) is -0.451. The molecule has 1 aromatic rings. The minimum atomic E-state index is -1.08. The summed E-state index contributed by atoms with van der Waals surface area (Å²) in [6.45, 7) is 3.60. The maximum absolute atomic E-state index is 12.9. The first-order valence-electron chi connectivity index (χ1n) is 9.10. The fourth-order valence-corrected chi connectivity index (χ4v) is 3.64. The molecule has 2 aliphatic rings. The number of carboxylic acid groups (broad SMARTS) is 1. The molecule has 1 aromatic carbocycles. The Morgan fingerprint density at radius 3 is 2.56 bits per heavy atom. The molecule has 0 saturated carbocycles. The molecule has 2 heterocycles. The van der Waals surface area contributed by atoms with Crippen LogP contribution in [-0.2, 0) is 9.59 Å². The molecule has 0 bridgehead atoms. The largest absolute Gasteiger partial charge is 0.490 e. The van der Waals surface area contributed by atoms with E-state index in [1.54, 1.807) is 30.0 Å². The third-order valence-electron chi connectivity index (χ3n) is 5.15. The number of ether oxygens (including phenoxy) is 2. The molecule has 2 amide bonds. The lowest BCUT2D eigenvalue weighted by Gasteiger charge is -2.38. The first kappa shape index (κ1) is 19.0. The second-order valence-electron chi connectivity index (χ2n) is 7.02. The van der Waals surface area contributed by atoms with Crippen LogP contribution in [0.2, 0.25) is 0 Å². The summed E-state index contributed by atoms with van der Waals surface area (Å²) in [5.41, 5.74) is 0.455. The molecule has 2 saturated heterocycles. The average Bonchev–Trinajstić information content (AvgIpc) is 3.01. The van der Waals surface area contributed by atoms with Crippen LogP contribution in [0.15, 0.2) is 18.2 Å². The molecule has 0 atom stereocenters. The van der Waals surface area contributed by atoms with E-state index >= 15 is 0 Å². The lowest BCUT2D eigenvalue weighted by atomic mass is 9.77. The van der Waals surface area contributed by atoms with Gasteiger partial charge in [0.1, 0.15) is 0 Å². The number of likely N-dealkylation sites (tertiary alicyclic amines) is 1. The summed E-state index contributed by atoms with van der Waals surface area (Å²) >= 11 is 0. The highest BCUT2D eigenvalue weighted by Gasteiger charge is 2.41. The number of piperidine rings is 1. The third kappa shape index (κ3) is 4.32. The van der Waals surface area contributed by atoms with E-state index in [0.29, 0.717) is 49.7 Å². The number of hydrogen-bond acceptors (Lipinski definition) is 5. The van der Waals surface area contributed by atoms with Crippen molar-refractivity contribution in [3.05, 3.63) is 23.8 Å². The van der Waals surface area contributed by atoms with Crippen molar-refractivity contribution in [2.75, 3.05) is 32.8 Å². The van der Waals surface area contributed by atoms with Crippen LogP contribution in [0, 0.1) is 5.41 Å². The quantitative estimate of drug-likeness (QED) is 0.775. The van der Waals surface area contributed by atoms with E-state index in [4.69, 9.17) is 14.6 Å². The maximum Gasteiger partial charge on any atom is 0.341 e. The van der Waals surface area contributed by atoms with Crippen LogP contribution < -0.4 is 14.8 Å². The van der Waals surface area contributed by atoms with Crippen LogP contribution >= 0.6 is 0 Å². The van der Waals surface area contributed by atoms with E-state index in [1.807, 2.05) is 0 Å². The molecule has 0 unspecified atom stereocenters. The average molecular weight is 376 g/mol. The Morgan fingerprint density at radius 1 is 1.22 bits per heavy atom. The highest BCUT2D eigenvalue weighted by molar-refractivity contribution is 5.95. The number of carboxylic acids is 1. The number of nitrogens with one attached hydrogen (secondary N) is 1. The Kier molecular flexibility index (Phi) is 5.53. The smallest absolute Gasteiger partial charge is 0.341 e. The summed E-state index contributed by atoms with van der Waals surface area (Å²) in [4.78, 5) is 36.9. The van der Waals surface area contributed by atoms with Gasteiger partial charge in [-0.15, -0.1) is 0 Å².